The number of H-pyrrole nitrogens is 1. The summed E-state index contributed by atoms with van der Waals surface area (Å²) in [5.74, 6) is 1.39. The Morgan fingerprint density at radius 1 is 1.43 bits per heavy atom. The molecule has 0 saturated carbocycles. The zero-order valence-electron chi connectivity index (χ0n) is 17.2. The molecule has 3 rings (SSSR count). The van der Waals surface area contributed by atoms with Gasteiger partial charge in [0.05, 0.1) is 23.5 Å². The summed E-state index contributed by atoms with van der Waals surface area (Å²) in [4.78, 5) is 26.7. The molecule has 0 spiro atoms. The first-order chi connectivity index (χ1) is 12.7. The van der Waals surface area contributed by atoms with Crippen molar-refractivity contribution < 1.29 is 9.53 Å². The number of aromatic nitrogens is 2. The van der Waals surface area contributed by atoms with Crippen molar-refractivity contribution in [3.8, 4) is 0 Å². The minimum absolute atomic E-state index is 0. The first-order valence-corrected chi connectivity index (χ1v) is 9.39. The lowest BCUT2D eigenvalue weighted by Crippen LogP contribution is -2.40. The third kappa shape index (κ3) is 5.59. The molecule has 2 N–H and O–H groups in total. The van der Waals surface area contributed by atoms with Crippen molar-refractivity contribution in [1.29, 1.82) is 0 Å². The molecule has 1 aromatic heterocycles. The quantitative estimate of drug-likeness (QED) is 0.293. The number of esters is 1. The third-order valence-corrected chi connectivity index (χ3v) is 4.54. The minimum atomic E-state index is -0.454. The normalized spacial score (nSPS) is 17.5. The maximum Gasteiger partial charge on any atom is 0.311 e. The van der Waals surface area contributed by atoms with Crippen LogP contribution in [0.15, 0.2) is 23.2 Å². The Hall–Kier alpha value is -1.84. The van der Waals surface area contributed by atoms with E-state index in [9.17, 15) is 4.79 Å². The molecule has 0 radical (unpaired) electrons. The molecule has 1 atom stereocenters. The van der Waals surface area contributed by atoms with Gasteiger partial charge >= 0.3 is 5.97 Å². The van der Waals surface area contributed by atoms with Gasteiger partial charge in [-0.15, -0.1) is 24.0 Å². The number of halogens is 1. The van der Waals surface area contributed by atoms with E-state index in [1.54, 1.807) is 7.05 Å². The molecule has 0 bridgehead atoms. The van der Waals surface area contributed by atoms with Crippen molar-refractivity contribution in [3.05, 3.63) is 29.6 Å². The van der Waals surface area contributed by atoms with E-state index in [0.717, 1.165) is 35.8 Å². The van der Waals surface area contributed by atoms with Crippen LogP contribution in [0.2, 0.25) is 0 Å². The van der Waals surface area contributed by atoms with E-state index in [-0.39, 0.29) is 35.9 Å². The van der Waals surface area contributed by atoms with E-state index in [2.05, 4.69) is 44.2 Å². The highest BCUT2D eigenvalue weighted by atomic mass is 127. The zero-order chi connectivity index (χ0) is 19.6. The van der Waals surface area contributed by atoms with Gasteiger partial charge in [0, 0.05) is 20.1 Å². The Bertz CT molecular complexity index is 856. The van der Waals surface area contributed by atoms with E-state index in [1.165, 1.54) is 5.56 Å². The number of ether oxygens (including phenoxy) is 1. The first kappa shape index (κ1) is 22.4. The van der Waals surface area contributed by atoms with E-state index in [1.807, 2.05) is 26.8 Å². The molecule has 1 aliphatic heterocycles. The number of hydrogen-bond donors (Lipinski definition) is 2. The number of nitrogens with zero attached hydrogens (tertiary/aromatic N) is 3. The molecule has 28 heavy (non-hydrogen) atoms. The van der Waals surface area contributed by atoms with Crippen LogP contribution in [0.4, 0.5) is 0 Å². The monoisotopic (exact) mass is 499 g/mol. The number of aromatic amines is 1. The fraction of sp³-hybridized carbons (Fsp3) is 0.550. The Morgan fingerprint density at radius 2 is 2.18 bits per heavy atom. The van der Waals surface area contributed by atoms with Crippen LogP contribution in [0.25, 0.3) is 11.0 Å². The van der Waals surface area contributed by atoms with Crippen LogP contribution < -0.4 is 5.32 Å². The van der Waals surface area contributed by atoms with Gasteiger partial charge in [-0.3, -0.25) is 9.79 Å². The molecule has 2 aromatic rings. The van der Waals surface area contributed by atoms with E-state index < -0.39 is 5.60 Å². The second-order valence-electron chi connectivity index (χ2n) is 8.07. The number of rotatable bonds is 3. The fourth-order valence-electron chi connectivity index (χ4n) is 3.29. The lowest BCUT2D eigenvalue weighted by Gasteiger charge is -2.23. The van der Waals surface area contributed by atoms with Crippen LogP contribution >= 0.6 is 24.0 Å². The molecule has 1 aromatic carbocycles. The number of hydrogen-bond acceptors (Lipinski definition) is 4. The van der Waals surface area contributed by atoms with Crippen LogP contribution in [0.5, 0.6) is 0 Å². The lowest BCUT2D eigenvalue weighted by atomic mass is 10.1. The molecule has 1 saturated heterocycles. The summed E-state index contributed by atoms with van der Waals surface area (Å²) in [6.45, 7) is 9.70. The molecular formula is C20H30IN5O2. The number of fused-ring (bicyclic) bond motifs is 1. The summed E-state index contributed by atoms with van der Waals surface area (Å²) >= 11 is 0. The highest BCUT2D eigenvalue weighted by molar-refractivity contribution is 14.0. The van der Waals surface area contributed by atoms with Crippen molar-refractivity contribution in [1.82, 2.24) is 20.2 Å². The lowest BCUT2D eigenvalue weighted by molar-refractivity contribution is -0.159. The molecule has 0 aliphatic carbocycles. The van der Waals surface area contributed by atoms with Crippen LogP contribution in [-0.4, -0.2) is 52.5 Å². The van der Waals surface area contributed by atoms with Crippen LogP contribution in [-0.2, 0) is 16.1 Å². The molecule has 7 nitrogen and oxygen atoms in total. The zero-order valence-corrected chi connectivity index (χ0v) is 19.5. The fourth-order valence-corrected chi connectivity index (χ4v) is 3.29. The number of benzene rings is 1. The van der Waals surface area contributed by atoms with E-state index in [0.29, 0.717) is 13.1 Å². The maximum atomic E-state index is 12.3. The second-order valence-corrected chi connectivity index (χ2v) is 8.07. The summed E-state index contributed by atoms with van der Waals surface area (Å²) in [5.41, 5.74) is 2.74. The van der Waals surface area contributed by atoms with Gasteiger partial charge in [0.25, 0.3) is 0 Å². The van der Waals surface area contributed by atoms with Crippen molar-refractivity contribution in [2.24, 2.45) is 10.9 Å². The Kier molecular flexibility index (Phi) is 7.30. The Balaban J connectivity index is 0.00000280. The summed E-state index contributed by atoms with van der Waals surface area (Å²) < 4.78 is 5.52. The average molecular weight is 499 g/mol. The minimum Gasteiger partial charge on any atom is -0.460 e. The topological polar surface area (TPSA) is 82.6 Å². The number of aryl methyl sites for hydroxylation is 1. The van der Waals surface area contributed by atoms with Crippen LogP contribution in [0.3, 0.4) is 0 Å². The van der Waals surface area contributed by atoms with Gasteiger partial charge in [-0.25, -0.2) is 4.98 Å². The first-order valence-electron chi connectivity index (χ1n) is 9.39. The second kappa shape index (κ2) is 9.11. The van der Waals surface area contributed by atoms with E-state index >= 15 is 0 Å². The summed E-state index contributed by atoms with van der Waals surface area (Å²) in [6, 6.07) is 6.16. The molecule has 8 heteroatoms. The molecule has 0 amide bonds. The van der Waals surface area contributed by atoms with Crippen LogP contribution in [0, 0.1) is 12.8 Å². The van der Waals surface area contributed by atoms with Crippen LogP contribution in [0.1, 0.15) is 38.6 Å². The number of imidazole rings is 1. The molecule has 1 fully saturated rings. The largest absolute Gasteiger partial charge is 0.460 e. The predicted molar refractivity (Wildman–Crippen MR) is 122 cm³/mol. The van der Waals surface area contributed by atoms with Gasteiger partial charge in [-0.05, 0) is 51.8 Å². The van der Waals surface area contributed by atoms with Gasteiger partial charge in [0.1, 0.15) is 11.4 Å². The van der Waals surface area contributed by atoms with Crippen molar-refractivity contribution in [2.45, 2.75) is 46.3 Å². The molecule has 1 unspecified atom stereocenters. The standard InChI is InChI=1S/C20H29N5O2.HI/c1-13-6-7-15-16(10-13)24-17(23-15)11-22-19(21-5)25-9-8-14(12-25)18(26)27-20(2,3)4;/h6-7,10,14H,8-9,11-12H2,1-5H3,(H,21,22)(H,23,24);1H. The number of carbonyl (C=O) groups is 1. The summed E-state index contributed by atoms with van der Waals surface area (Å²) in [7, 11) is 1.76. The summed E-state index contributed by atoms with van der Waals surface area (Å²) in [5, 5.41) is 3.34. The number of aliphatic imine (C=N–C) groups is 1. The summed E-state index contributed by atoms with van der Waals surface area (Å²) in [6.07, 6.45) is 0.777. The predicted octanol–water partition coefficient (Wildman–Crippen LogP) is 3.23. The van der Waals surface area contributed by atoms with Crippen molar-refractivity contribution >= 4 is 46.9 Å². The SMILES string of the molecule is CN=C(NCc1nc2ccc(C)cc2[nH]1)N1CCC(C(=O)OC(C)(C)C)C1.I. The highest BCUT2D eigenvalue weighted by Crippen LogP contribution is 2.21. The van der Waals surface area contributed by atoms with Gasteiger partial charge in [-0.1, -0.05) is 6.07 Å². The Morgan fingerprint density at radius 3 is 2.86 bits per heavy atom. The third-order valence-electron chi connectivity index (χ3n) is 4.54. The van der Waals surface area contributed by atoms with Gasteiger partial charge < -0.3 is 19.9 Å². The number of likely N-dealkylation sites (tertiary alicyclic amines) is 1. The molecular weight excluding hydrogens is 469 g/mol. The van der Waals surface area contributed by atoms with Gasteiger partial charge in [-0.2, -0.15) is 0 Å². The highest BCUT2D eigenvalue weighted by Gasteiger charge is 2.33. The molecule has 1 aliphatic rings. The number of nitrogens with one attached hydrogen (secondary N) is 2. The Labute approximate surface area is 183 Å². The average Bonchev–Trinajstić information content (AvgIpc) is 3.20. The van der Waals surface area contributed by atoms with E-state index in [4.69, 9.17) is 4.74 Å². The molecule has 154 valence electrons. The van der Waals surface area contributed by atoms with Gasteiger partial charge in [0.2, 0.25) is 0 Å². The smallest absolute Gasteiger partial charge is 0.311 e. The number of guanidine groups is 1. The van der Waals surface area contributed by atoms with Crippen molar-refractivity contribution in [3.63, 3.8) is 0 Å². The van der Waals surface area contributed by atoms with Crippen molar-refractivity contribution in [2.75, 3.05) is 20.1 Å². The number of carbonyl (C=O) groups excluding carboxylic acids is 1. The molecule has 2 heterocycles. The maximum absolute atomic E-state index is 12.3. The van der Waals surface area contributed by atoms with Gasteiger partial charge in [0.15, 0.2) is 5.96 Å².